The summed E-state index contributed by atoms with van der Waals surface area (Å²) in [6.07, 6.45) is 5.80. The van der Waals surface area contributed by atoms with Crippen LogP contribution < -0.4 is 0 Å². The van der Waals surface area contributed by atoms with Gasteiger partial charge in [-0.25, -0.2) is 4.79 Å². The standard InChI is InChI=1S/C16H27NO4S2/c1-4-17(13(14(19)20)7-10-22-3)15(21)16(8-5-6-9-16)11-23-12(2)18/h13H,4-11H2,1-3H3,(H,19,20)/t13-/m0/s1. The molecule has 0 bridgehead atoms. The monoisotopic (exact) mass is 361 g/mol. The van der Waals surface area contributed by atoms with Gasteiger partial charge in [-0.1, -0.05) is 24.6 Å². The number of carboxylic acids is 1. The third kappa shape index (κ3) is 5.41. The molecule has 0 radical (unpaired) electrons. The number of likely N-dealkylation sites (N-methyl/N-ethyl adjacent to an activating group) is 1. The summed E-state index contributed by atoms with van der Waals surface area (Å²) < 4.78 is 0. The van der Waals surface area contributed by atoms with E-state index < -0.39 is 17.4 Å². The first-order valence-electron chi connectivity index (χ1n) is 8.04. The summed E-state index contributed by atoms with van der Waals surface area (Å²) in [5, 5.41) is 9.54. The molecule has 1 fully saturated rings. The van der Waals surface area contributed by atoms with Crippen LogP contribution in [-0.4, -0.2) is 57.3 Å². The summed E-state index contributed by atoms with van der Waals surface area (Å²) in [6.45, 7) is 3.72. The van der Waals surface area contributed by atoms with Gasteiger partial charge in [0.05, 0.1) is 5.41 Å². The number of hydrogen-bond acceptors (Lipinski definition) is 5. The maximum absolute atomic E-state index is 13.2. The van der Waals surface area contributed by atoms with E-state index in [9.17, 15) is 19.5 Å². The maximum Gasteiger partial charge on any atom is 0.326 e. The highest BCUT2D eigenvalue weighted by Crippen LogP contribution is 2.43. The maximum atomic E-state index is 13.2. The van der Waals surface area contributed by atoms with E-state index in [0.717, 1.165) is 25.7 Å². The Balaban J connectivity index is 2.97. The predicted molar refractivity (Wildman–Crippen MR) is 95.8 cm³/mol. The largest absolute Gasteiger partial charge is 0.480 e. The van der Waals surface area contributed by atoms with Crippen molar-refractivity contribution in [1.29, 1.82) is 0 Å². The number of carbonyl (C=O) groups excluding carboxylic acids is 2. The van der Waals surface area contributed by atoms with Gasteiger partial charge < -0.3 is 10.0 Å². The van der Waals surface area contributed by atoms with Gasteiger partial charge in [-0.05, 0) is 38.2 Å². The van der Waals surface area contributed by atoms with Gasteiger partial charge in [0.15, 0.2) is 5.12 Å². The van der Waals surface area contributed by atoms with Gasteiger partial charge in [0.1, 0.15) is 6.04 Å². The Morgan fingerprint density at radius 3 is 2.30 bits per heavy atom. The van der Waals surface area contributed by atoms with Crippen molar-refractivity contribution in [3.05, 3.63) is 0 Å². The smallest absolute Gasteiger partial charge is 0.326 e. The Morgan fingerprint density at radius 2 is 1.87 bits per heavy atom. The molecule has 1 rings (SSSR count). The van der Waals surface area contributed by atoms with Crippen LogP contribution in [0.15, 0.2) is 0 Å². The number of carbonyl (C=O) groups is 3. The van der Waals surface area contributed by atoms with Crippen LogP contribution in [0.4, 0.5) is 0 Å². The lowest BCUT2D eigenvalue weighted by Crippen LogP contribution is -2.52. The van der Waals surface area contributed by atoms with Crippen LogP contribution in [0.2, 0.25) is 0 Å². The second-order valence-electron chi connectivity index (χ2n) is 5.99. The second-order valence-corrected chi connectivity index (χ2v) is 8.13. The summed E-state index contributed by atoms with van der Waals surface area (Å²) in [7, 11) is 0. The number of amides is 1. The highest BCUT2D eigenvalue weighted by Gasteiger charge is 2.45. The first kappa shape index (κ1) is 20.4. The summed E-state index contributed by atoms with van der Waals surface area (Å²) >= 11 is 2.77. The average Bonchev–Trinajstić information content (AvgIpc) is 2.98. The van der Waals surface area contributed by atoms with Crippen LogP contribution in [0.5, 0.6) is 0 Å². The van der Waals surface area contributed by atoms with E-state index in [4.69, 9.17) is 0 Å². The van der Waals surface area contributed by atoms with E-state index >= 15 is 0 Å². The fourth-order valence-electron chi connectivity index (χ4n) is 3.16. The Morgan fingerprint density at radius 1 is 1.26 bits per heavy atom. The third-order valence-corrected chi connectivity index (χ3v) is 6.17. The van der Waals surface area contributed by atoms with Gasteiger partial charge in [0.2, 0.25) is 5.91 Å². The number of aliphatic carboxylic acids is 1. The van der Waals surface area contributed by atoms with Crippen LogP contribution in [0.3, 0.4) is 0 Å². The van der Waals surface area contributed by atoms with E-state index in [1.54, 1.807) is 11.8 Å². The van der Waals surface area contributed by atoms with Gasteiger partial charge in [-0.15, -0.1) is 0 Å². The molecule has 1 saturated carbocycles. The Kier molecular flexibility index (Phi) is 8.47. The molecule has 1 aliphatic rings. The molecule has 1 N–H and O–H groups in total. The fourth-order valence-corrected chi connectivity index (χ4v) is 4.51. The molecule has 7 heteroatoms. The number of carboxylic acid groups (broad SMARTS) is 1. The highest BCUT2D eigenvalue weighted by molar-refractivity contribution is 8.13. The Labute approximate surface area is 146 Å². The van der Waals surface area contributed by atoms with Crippen molar-refractivity contribution < 1.29 is 19.5 Å². The highest BCUT2D eigenvalue weighted by atomic mass is 32.2. The SMILES string of the molecule is CCN(C(=O)C1(CSC(C)=O)CCCC1)[C@@H](CCSC)C(=O)O. The van der Waals surface area contributed by atoms with E-state index in [0.29, 0.717) is 24.5 Å². The molecule has 0 heterocycles. The zero-order chi connectivity index (χ0) is 17.5. The van der Waals surface area contributed by atoms with Crippen molar-refractivity contribution in [3.8, 4) is 0 Å². The molecular weight excluding hydrogens is 334 g/mol. The molecular formula is C16H27NO4S2. The van der Waals surface area contributed by atoms with Crippen molar-refractivity contribution >= 4 is 40.5 Å². The first-order valence-corrected chi connectivity index (χ1v) is 10.4. The minimum Gasteiger partial charge on any atom is -0.480 e. The van der Waals surface area contributed by atoms with Gasteiger partial charge in [0, 0.05) is 19.2 Å². The van der Waals surface area contributed by atoms with Crippen molar-refractivity contribution in [1.82, 2.24) is 4.90 Å². The zero-order valence-corrected chi connectivity index (χ0v) is 15.8. The molecule has 0 aliphatic heterocycles. The number of hydrogen-bond donors (Lipinski definition) is 1. The van der Waals surface area contributed by atoms with E-state index in [1.165, 1.54) is 23.6 Å². The van der Waals surface area contributed by atoms with Crippen molar-refractivity contribution in [3.63, 3.8) is 0 Å². The molecule has 132 valence electrons. The lowest BCUT2D eigenvalue weighted by molar-refractivity contribution is -0.154. The molecule has 0 spiro atoms. The number of rotatable bonds is 9. The lowest BCUT2D eigenvalue weighted by atomic mass is 9.86. The van der Waals surface area contributed by atoms with E-state index in [-0.39, 0.29) is 11.0 Å². The van der Waals surface area contributed by atoms with Crippen LogP contribution in [0.1, 0.15) is 46.0 Å². The lowest BCUT2D eigenvalue weighted by Gasteiger charge is -2.36. The van der Waals surface area contributed by atoms with Crippen LogP contribution in [0, 0.1) is 5.41 Å². The number of thioether (sulfide) groups is 2. The second kappa shape index (κ2) is 9.57. The molecule has 23 heavy (non-hydrogen) atoms. The van der Waals surface area contributed by atoms with Crippen LogP contribution in [0.25, 0.3) is 0 Å². The van der Waals surface area contributed by atoms with Crippen LogP contribution >= 0.6 is 23.5 Å². The molecule has 1 aliphatic carbocycles. The van der Waals surface area contributed by atoms with E-state index in [2.05, 4.69) is 0 Å². The van der Waals surface area contributed by atoms with Gasteiger partial charge >= 0.3 is 5.97 Å². The third-order valence-electron chi connectivity index (χ3n) is 4.42. The normalized spacial score (nSPS) is 17.7. The van der Waals surface area contributed by atoms with Crippen molar-refractivity contribution in [2.75, 3.05) is 24.3 Å². The molecule has 1 atom stereocenters. The minimum absolute atomic E-state index is 0.00397. The van der Waals surface area contributed by atoms with Crippen molar-refractivity contribution in [2.24, 2.45) is 5.41 Å². The van der Waals surface area contributed by atoms with E-state index in [1.807, 2.05) is 13.2 Å². The van der Waals surface area contributed by atoms with Crippen LogP contribution in [-0.2, 0) is 14.4 Å². The predicted octanol–water partition coefficient (Wildman–Crippen LogP) is 2.88. The molecule has 0 aromatic rings. The van der Waals surface area contributed by atoms with Gasteiger partial charge in [0.25, 0.3) is 0 Å². The summed E-state index contributed by atoms with van der Waals surface area (Å²) in [5.41, 5.74) is -0.570. The summed E-state index contributed by atoms with van der Waals surface area (Å²) in [4.78, 5) is 37.6. The molecule has 0 saturated heterocycles. The summed E-state index contributed by atoms with van der Waals surface area (Å²) in [6, 6.07) is -0.778. The molecule has 0 unspecified atom stereocenters. The average molecular weight is 362 g/mol. The topological polar surface area (TPSA) is 74.7 Å². The minimum atomic E-state index is -0.943. The van der Waals surface area contributed by atoms with Gasteiger partial charge in [-0.2, -0.15) is 11.8 Å². The quantitative estimate of drug-likeness (QED) is 0.681. The number of nitrogens with zero attached hydrogens (tertiary/aromatic N) is 1. The van der Waals surface area contributed by atoms with Gasteiger partial charge in [-0.3, -0.25) is 9.59 Å². The van der Waals surface area contributed by atoms with Crippen molar-refractivity contribution in [2.45, 2.75) is 52.0 Å². The molecule has 5 nitrogen and oxygen atoms in total. The molecule has 1 amide bonds. The Hall–Kier alpha value is -0.690. The zero-order valence-electron chi connectivity index (χ0n) is 14.2. The molecule has 0 aromatic carbocycles. The first-order chi connectivity index (χ1) is 10.9. The Bertz CT molecular complexity index is 436. The fraction of sp³-hybridized carbons (Fsp3) is 0.812. The molecule has 0 aromatic heterocycles. The summed E-state index contributed by atoms with van der Waals surface area (Å²) in [5.74, 6) is 0.143.